The number of carbonyl (C=O) groups is 2. The standard InChI is InChI=1S/C20H27N3O5/c1-19(2,3)27-18(26)23(16-6-4-5-11-21-16)13-14-7-9-20(10-8-14)12-15(17(24)25)22-28-20/h4-6,11-12,14,22H,7-10,13H2,1-3H3,(H,24,25). The lowest BCUT2D eigenvalue weighted by Crippen LogP contribution is -2.42. The zero-order chi connectivity index (χ0) is 20.4. The largest absolute Gasteiger partial charge is 0.477 e. The summed E-state index contributed by atoms with van der Waals surface area (Å²) in [5.74, 6) is -0.222. The number of amides is 1. The van der Waals surface area contributed by atoms with Crippen molar-refractivity contribution in [3.63, 3.8) is 0 Å². The summed E-state index contributed by atoms with van der Waals surface area (Å²) < 4.78 is 5.57. The Morgan fingerprint density at radius 1 is 1.36 bits per heavy atom. The van der Waals surface area contributed by atoms with Gasteiger partial charge in [0.1, 0.15) is 22.7 Å². The molecule has 2 aliphatic rings. The van der Waals surface area contributed by atoms with Crippen molar-refractivity contribution in [1.29, 1.82) is 0 Å². The molecule has 0 saturated heterocycles. The molecule has 1 spiro atoms. The Labute approximate surface area is 164 Å². The molecule has 0 aromatic carbocycles. The molecule has 8 heteroatoms. The molecular formula is C20H27N3O5. The van der Waals surface area contributed by atoms with Crippen LogP contribution in [-0.4, -0.2) is 39.9 Å². The van der Waals surface area contributed by atoms with Crippen molar-refractivity contribution in [1.82, 2.24) is 10.5 Å². The lowest BCUT2D eigenvalue weighted by Gasteiger charge is -2.36. The van der Waals surface area contributed by atoms with E-state index in [0.717, 1.165) is 12.8 Å². The number of pyridine rings is 1. The van der Waals surface area contributed by atoms with Crippen molar-refractivity contribution in [2.75, 3.05) is 11.4 Å². The molecule has 1 saturated carbocycles. The van der Waals surface area contributed by atoms with Gasteiger partial charge in [-0.2, -0.15) is 0 Å². The summed E-state index contributed by atoms with van der Waals surface area (Å²) in [6, 6.07) is 5.43. The summed E-state index contributed by atoms with van der Waals surface area (Å²) in [5.41, 5.74) is 1.42. The maximum Gasteiger partial charge on any atom is 0.416 e. The smallest absolute Gasteiger partial charge is 0.416 e. The fourth-order valence-electron chi connectivity index (χ4n) is 3.53. The van der Waals surface area contributed by atoms with E-state index < -0.39 is 23.3 Å². The molecule has 1 aliphatic carbocycles. The number of aromatic nitrogens is 1. The van der Waals surface area contributed by atoms with Gasteiger partial charge in [-0.3, -0.25) is 15.2 Å². The Balaban J connectivity index is 1.67. The third kappa shape index (κ3) is 4.81. The molecule has 1 aromatic heterocycles. The number of aliphatic carboxylic acids is 1. The fourth-order valence-corrected chi connectivity index (χ4v) is 3.53. The Kier molecular flexibility index (Phi) is 5.60. The predicted molar refractivity (Wildman–Crippen MR) is 102 cm³/mol. The fraction of sp³-hybridized carbons (Fsp3) is 0.550. The van der Waals surface area contributed by atoms with E-state index in [1.54, 1.807) is 29.3 Å². The quantitative estimate of drug-likeness (QED) is 0.815. The number of carboxylic acid groups (broad SMARTS) is 1. The number of hydroxylamine groups is 1. The summed E-state index contributed by atoms with van der Waals surface area (Å²) >= 11 is 0. The average molecular weight is 389 g/mol. The molecule has 0 unspecified atom stereocenters. The summed E-state index contributed by atoms with van der Waals surface area (Å²) in [5, 5.41) is 9.10. The maximum absolute atomic E-state index is 12.8. The molecule has 1 fully saturated rings. The molecular weight excluding hydrogens is 362 g/mol. The number of carbonyl (C=O) groups excluding carboxylic acids is 1. The number of nitrogens with one attached hydrogen (secondary N) is 1. The maximum atomic E-state index is 12.8. The Morgan fingerprint density at radius 3 is 2.61 bits per heavy atom. The third-order valence-electron chi connectivity index (χ3n) is 4.93. The number of hydrogen-bond donors (Lipinski definition) is 2. The average Bonchev–Trinajstić information content (AvgIpc) is 3.05. The van der Waals surface area contributed by atoms with Gasteiger partial charge in [0.05, 0.1) is 0 Å². The molecule has 8 nitrogen and oxygen atoms in total. The zero-order valence-electron chi connectivity index (χ0n) is 16.5. The van der Waals surface area contributed by atoms with E-state index in [1.165, 1.54) is 0 Å². The second-order valence-corrected chi connectivity index (χ2v) is 8.35. The first-order valence-corrected chi connectivity index (χ1v) is 9.49. The van der Waals surface area contributed by atoms with Crippen LogP contribution in [0.4, 0.5) is 10.6 Å². The van der Waals surface area contributed by atoms with Gasteiger partial charge in [-0.25, -0.2) is 14.6 Å². The number of ether oxygens (including phenoxy) is 1. The summed E-state index contributed by atoms with van der Waals surface area (Å²) in [7, 11) is 0. The predicted octanol–water partition coefficient (Wildman–Crippen LogP) is 3.26. The van der Waals surface area contributed by atoms with Crippen molar-refractivity contribution in [2.45, 2.75) is 57.7 Å². The van der Waals surface area contributed by atoms with E-state index in [0.29, 0.717) is 25.2 Å². The number of carboxylic acids is 1. The van der Waals surface area contributed by atoms with E-state index >= 15 is 0 Å². The third-order valence-corrected chi connectivity index (χ3v) is 4.93. The highest BCUT2D eigenvalue weighted by atomic mass is 16.7. The summed E-state index contributed by atoms with van der Waals surface area (Å²) in [6.07, 6.45) is 5.87. The van der Waals surface area contributed by atoms with Gasteiger partial charge in [-0.1, -0.05) is 6.07 Å². The molecule has 0 atom stereocenters. The number of rotatable bonds is 4. The molecule has 2 N–H and O–H groups in total. The highest BCUT2D eigenvalue weighted by Gasteiger charge is 2.41. The van der Waals surface area contributed by atoms with Crippen molar-refractivity contribution < 1.29 is 24.3 Å². The molecule has 2 heterocycles. The topological polar surface area (TPSA) is 101 Å². The molecule has 0 bridgehead atoms. The first-order chi connectivity index (χ1) is 13.2. The molecule has 1 amide bonds. The van der Waals surface area contributed by atoms with Crippen LogP contribution >= 0.6 is 0 Å². The van der Waals surface area contributed by atoms with Crippen LogP contribution in [0.25, 0.3) is 0 Å². The van der Waals surface area contributed by atoms with Crippen LogP contribution in [0.5, 0.6) is 0 Å². The number of nitrogens with zero attached hydrogens (tertiary/aromatic N) is 2. The van der Waals surface area contributed by atoms with E-state index in [2.05, 4.69) is 10.5 Å². The van der Waals surface area contributed by atoms with Gasteiger partial charge in [0.15, 0.2) is 0 Å². The van der Waals surface area contributed by atoms with Crippen LogP contribution in [0.3, 0.4) is 0 Å². The van der Waals surface area contributed by atoms with E-state index in [-0.39, 0.29) is 11.6 Å². The van der Waals surface area contributed by atoms with Gasteiger partial charge in [-0.15, -0.1) is 0 Å². The van der Waals surface area contributed by atoms with Crippen LogP contribution in [0.1, 0.15) is 46.5 Å². The van der Waals surface area contributed by atoms with Crippen molar-refractivity contribution >= 4 is 17.9 Å². The summed E-state index contributed by atoms with van der Waals surface area (Å²) in [6.45, 7) is 6.00. The minimum atomic E-state index is -1.02. The molecule has 1 aromatic rings. The molecule has 3 rings (SSSR count). The van der Waals surface area contributed by atoms with Gasteiger partial charge in [0.2, 0.25) is 0 Å². The van der Waals surface area contributed by atoms with Gasteiger partial charge < -0.3 is 9.84 Å². The minimum absolute atomic E-state index is 0.0855. The normalized spacial score (nSPS) is 24.4. The Bertz CT molecular complexity index is 749. The van der Waals surface area contributed by atoms with Crippen LogP contribution in [0.15, 0.2) is 36.2 Å². The number of anilines is 1. The second kappa shape index (κ2) is 7.79. The van der Waals surface area contributed by atoms with E-state index in [1.807, 2.05) is 26.8 Å². The van der Waals surface area contributed by atoms with Crippen molar-refractivity contribution in [3.8, 4) is 0 Å². The first-order valence-electron chi connectivity index (χ1n) is 9.49. The van der Waals surface area contributed by atoms with Crippen LogP contribution in [0, 0.1) is 5.92 Å². The molecule has 0 radical (unpaired) electrons. The Hall–Kier alpha value is -2.61. The monoisotopic (exact) mass is 389 g/mol. The van der Waals surface area contributed by atoms with E-state index in [9.17, 15) is 9.59 Å². The van der Waals surface area contributed by atoms with Gasteiger partial charge in [0, 0.05) is 12.7 Å². The number of hydrogen-bond acceptors (Lipinski definition) is 6. The lowest BCUT2D eigenvalue weighted by atomic mass is 9.78. The first kappa shape index (κ1) is 20.1. The van der Waals surface area contributed by atoms with Crippen LogP contribution < -0.4 is 10.4 Å². The van der Waals surface area contributed by atoms with Gasteiger partial charge >= 0.3 is 12.1 Å². The van der Waals surface area contributed by atoms with Gasteiger partial charge in [0.25, 0.3) is 0 Å². The SMILES string of the molecule is CC(C)(C)OC(=O)N(CC1CCC2(C=C(C(=O)O)NO2)CC1)c1ccccn1. The highest BCUT2D eigenvalue weighted by molar-refractivity contribution is 5.87. The van der Waals surface area contributed by atoms with Crippen LogP contribution in [-0.2, 0) is 14.4 Å². The minimum Gasteiger partial charge on any atom is -0.477 e. The summed E-state index contributed by atoms with van der Waals surface area (Å²) in [4.78, 5) is 35.3. The zero-order valence-corrected chi connectivity index (χ0v) is 16.5. The second-order valence-electron chi connectivity index (χ2n) is 8.35. The van der Waals surface area contributed by atoms with Crippen LogP contribution in [0.2, 0.25) is 0 Å². The van der Waals surface area contributed by atoms with Crippen molar-refractivity contribution in [3.05, 3.63) is 36.2 Å². The highest BCUT2D eigenvalue weighted by Crippen LogP contribution is 2.39. The Morgan fingerprint density at radius 2 is 2.07 bits per heavy atom. The molecule has 28 heavy (non-hydrogen) atoms. The van der Waals surface area contributed by atoms with Gasteiger partial charge in [-0.05, 0) is 70.6 Å². The van der Waals surface area contributed by atoms with Crippen molar-refractivity contribution in [2.24, 2.45) is 5.92 Å². The van der Waals surface area contributed by atoms with E-state index in [4.69, 9.17) is 14.7 Å². The molecule has 1 aliphatic heterocycles. The molecule has 152 valence electrons. The lowest BCUT2D eigenvalue weighted by molar-refractivity contribution is -0.135.